The third-order valence-electron chi connectivity index (χ3n) is 3.42. The van der Waals surface area contributed by atoms with Crippen molar-refractivity contribution in [1.82, 2.24) is 9.29 Å². The first-order chi connectivity index (χ1) is 9.50. The van der Waals surface area contributed by atoms with E-state index in [9.17, 15) is 8.42 Å². The SMILES string of the molecule is CC(C)OCCS(=O)(=O)N1CCCC1c1cccnc1. The number of hydrogen-bond acceptors (Lipinski definition) is 4. The topological polar surface area (TPSA) is 59.5 Å². The molecule has 0 saturated carbocycles. The first-order valence-electron chi connectivity index (χ1n) is 7.02. The molecule has 0 spiro atoms. The van der Waals surface area contributed by atoms with Crippen LogP contribution in [0, 0.1) is 0 Å². The van der Waals surface area contributed by atoms with Crippen molar-refractivity contribution < 1.29 is 13.2 Å². The van der Waals surface area contributed by atoms with E-state index in [1.807, 2.05) is 26.0 Å². The minimum absolute atomic E-state index is 0.0436. The molecule has 0 N–H and O–H groups in total. The average molecular weight is 298 g/mol. The fraction of sp³-hybridized carbons (Fsp3) is 0.643. The second-order valence-corrected chi connectivity index (χ2v) is 7.33. The van der Waals surface area contributed by atoms with Crippen LogP contribution in [0.5, 0.6) is 0 Å². The molecule has 2 heterocycles. The van der Waals surface area contributed by atoms with Crippen LogP contribution in [0.3, 0.4) is 0 Å². The van der Waals surface area contributed by atoms with Crippen molar-refractivity contribution in [3.63, 3.8) is 0 Å². The smallest absolute Gasteiger partial charge is 0.216 e. The molecular weight excluding hydrogens is 276 g/mol. The summed E-state index contributed by atoms with van der Waals surface area (Å²) in [5.74, 6) is 0.0436. The third kappa shape index (κ3) is 3.77. The highest BCUT2D eigenvalue weighted by Crippen LogP contribution is 2.33. The van der Waals surface area contributed by atoms with Crippen molar-refractivity contribution in [2.24, 2.45) is 0 Å². The van der Waals surface area contributed by atoms with Gasteiger partial charge in [0.25, 0.3) is 0 Å². The van der Waals surface area contributed by atoms with E-state index in [4.69, 9.17) is 4.74 Å². The molecule has 0 bridgehead atoms. The van der Waals surface area contributed by atoms with Gasteiger partial charge >= 0.3 is 0 Å². The van der Waals surface area contributed by atoms with E-state index in [1.54, 1.807) is 16.7 Å². The molecule has 0 amide bonds. The minimum atomic E-state index is -3.27. The summed E-state index contributed by atoms with van der Waals surface area (Å²) in [6, 6.07) is 3.71. The van der Waals surface area contributed by atoms with Crippen LogP contribution in [0.1, 0.15) is 38.3 Å². The molecular formula is C14H22N2O3S. The van der Waals surface area contributed by atoms with Crippen LogP contribution in [0.15, 0.2) is 24.5 Å². The lowest BCUT2D eigenvalue weighted by molar-refractivity contribution is 0.0906. The lowest BCUT2D eigenvalue weighted by atomic mass is 10.1. The van der Waals surface area contributed by atoms with E-state index >= 15 is 0 Å². The maximum atomic E-state index is 12.4. The summed E-state index contributed by atoms with van der Waals surface area (Å²) in [6.45, 7) is 4.64. The Morgan fingerprint density at radius 3 is 2.95 bits per heavy atom. The molecule has 112 valence electrons. The molecule has 1 atom stereocenters. The van der Waals surface area contributed by atoms with Crippen molar-refractivity contribution >= 4 is 10.0 Å². The predicted octanol–water partition coefficient (Wildman–Crippen LogP) is 1.97. The minimum Gasteiger partial charge on any atom is -0.378 e. The molecule has 1 fully saturated rings. The third-order valence-corrected chi connectivity index (χ3v) is 5.26. The molecule has 0 aliphatic carbocycles. The second-order valence-electron chi connectivity index (χ2n) is 5.29. The van der Waals surface area contributed by atoms with Crippen LogP contribution in [-0.2, 0) is 14.8 Å². The molecule has 1 aromatic rings. The van der Waals surface area contributed by atoms with Gasteiger partial charge in [-0.05, 0) is 38.3 Å². The van der Waals surface area contributed by atoms with Crippen molar-refractivity contribution in [3.05, 3.63) is 30.1 Å². The predicted molar refractivity (Wildman–Crippen MR) is 77.8 cm³/mol. The van der Waals surface area contributed by atoms with Crippen LogP contribution >= 0.6 is 0 Å². The fourth-order valence-corrected chi connectivity index (χ4v) is 4.05. The van der Waals surface area contributed by atoms with Gasteiger partial charge in [-0.2, -0.15) is 4.31 Å². The van der Waals surface area contributed by atoms with Crippen molar-refractivity contribution in [2.75, 3.05) is 18.9 Å². The quantitative estimate of drug-likeness (QED) is 0.805. The first-order valence-corrected chi connectivity index (χ1v) is 8.62. The van der Waals surface area contributed by atoms with Crippen molar-refractivity contribution in [2.45, 2.75) is 38.8 Å². The summed E-state index contributed by atoms with van der Waals surface area (Å²) in [5, 5.41) is 0. The van der Waals surface area contributed by atoms with E-state index in [0.29, 0.717) is 6.54 Å². The van der Waals surface area contributed by atoms with Crippen molar-refractivity contribution in [3.8, 4) is 0 Å². The van der Waals surface area contributed by atoms with Gasteiger partial charge in [0.15, 0.2) is 0 Å². The zero-order valence-corrected chi connectivity index (χ0v) is 12.8. The molecule has 20 heavy (non-hydrogen) atoms. The molecule has 6 heteroatoms. The molecule has 5 nitrogen and oxygen atoms in total. The molecule has 0 radical (unpaired) electrons. The van der Waals surface area contributed by atoms with E-state index in [0.717, 1.165) is 18.4 Å². The van der Waals surface area contributed by atoms with Crippen LogP contribution in [-0.4, -0.2) is 42.7 Å². The van der Waals surface area contributed by atoms with E-state index < -0.39 is 10.0 Å². The Labute approximate surface area is 121 Å². The summed E-state index contributed by atoms with van der Waals surface area (Å²) in [7, 11) is -3.27. The molecule has 1 saturated heterocycles. The van der Waals surface area contributed by atoms with Gasteiger partial charge in [0.1, 0.15) is 0 Å². The lowest BCUT2D eigenvalue weighted by Crippen LogP contribution is -2.34. The van der Waals surface area contributed by atoms with Gasteiger partial charge in [0.2, 0.25) is 10.0 Å². The Bertz CT molecular complexity index is 516. The summed E-state index contributed by atoms with van der Waals surface area (Å²) in [5.41, 5.74) is 0.971. The highest BCUT2D eigenvalue weighted by atomic mass is 32.2. The maximum absolute atomic E-state index is 12.4. The summed E-state index contributed by atoms with van der Waals surface area (Å²) >= 11 is 0. The van der Waals surface area contributed by atoms with Gasteiger partial charge in [0.05, 0.1) is 24.5 Å². The van der Waals surface area contributed by atoms with Crippen LogP contribution in [0.2, 0.25) is 0 Å². The monoisotopic (exact) mass is 298 g/mol. The van der Waals surface area contributed by atoms with Gasteiger partial charge in [-0.25, -0.2) is 8.42 Å². The zero-order valence-electron chi connectivity index (χ0n) is 12.0. The van der Waals surface area contributed by atoms with Crippen molar-refractivity contribution in [1.29, 1.82) is 0 Å². The Balaban J connectivity index is 2.06. The number of rotatable bonds is 6. The molecule has 0 aromatic carbocycles. The number of sulfonamides is 1. The molecule has 1 aromatic heterocycles. The first kappa shape index (κ1) is 15.4. The average Bonchev–Trinajstić information content (AvgIpc) is 2.89. The molecule has 1 aliphatic rings. The summed E-state index contributed by atoms with van der Waals surface area (Å²) in [4.78, 5) is 4.08. The summed E-state index contributed by atoms with van der Waals surface area (Å²) in [6.07, 6.45) is 5.26. The molecule has 2 rings (SSSR count). The zero-order chi connectivity index (χ0) is 14.6. The maximum Gasteiger partial charge on any atom is 0.216 e. The highest BCUT2D eigenvalue weighted by molar-refractivity contribution is 7.89. The van der Waals surface area contributed by atoms with Gasteiger partial charge in [-0.3, -0.25) is 4.98 Å². The Kier molecular flexibility index (Phi) is 5.12. The highest BCUT2D eigenvalue weighted by Gasteiger charge is 2.34. The lowest BCUT2D eigenvalue weighted by Gasteiger charge is -2.24. The largest absolute Gasteiger partial charge is 0.378 e. The van der Waals surface area contributed by atoms with Crippen LogP contribution < -0.4 is 0 Å². The Morgan fingerprint density at radius 2 is 2.30 bits per heavy atom. The number of ether oxygens (including phenoxy) is 1. The Morgan fingerprint density at radius 1 is 1.50 bits per heavy atom. The van der Waals surface area contributed by atoms with E-state index in [-0.39, 0.29) is 24.5 Å². The van der Waals surface area contributed by atoms with Gasteiger partial charge in [-0.1, -0.05) is 6.07 Å². The number of pyridine rings is 1. The number of nitrogens with zero attached hydrogens (tertiary/aromatic N) is 2. The molecule has 1 aliphatic heterocycles. The van der Waals surface area contributed by atoms with Gasteiger partial charge in [0, 0.05) is 18.9 Å². The second kappa shape index (κ2) is 6.65. The van der Waals surface area contributed by atoms with Gasteiger partial charge in [-0.15, -0.1) is 0 Å². The summed E-state index contributed by atoms with van der Waals surface area (Å²) < 4.78 is 31.8. The number of hydrogen-bond donors (Lipinski definition) is 0. The normalized spacial score (nSPS) is 20.6. The van der Waals surface area contributed by atoms with E-state index in [2.05, 4.69) is 4.98 Å². The number of aromatic nitrogens is 1. The van der Waals surface area contributed by atoms with E-state index in [1.165, 1.54) is 0 Å². The van der Waals surface area contributed by atoms with Gasteiger partial charge < -0.3 is 4.74 Å². The fourth-order valence-electron chi connectivity index (χ4n) is 2.49. The van der Waals surface area contributed by atoms with Crippen LogP contribution in [0.4, 0.5) is 0 Å². The molecule has 1 unspecified atom stereocenters. The Hall–Kier alpha value is -0.980. The van der Waals surface area contributed by atoms with Crippen LogP contribution in [0.25, 0.3) is 0 Å². The standard InChI is InChI=1S/C14H22N2O3S/c1-12(2)19-9-10-20(17,18)16-8-4-6-14(16)13-5-3-7-15-11-13/h3,5,7,11-12,14H,4,6,8-10H2,1-2H3.